The molecule has 0 radical (unpaired) electrons. The maximum atomic E-state index is 13.0. The first kappa shape index (κ1) is 23.2. The molecule has 2 aromatic carbocycles. The third kappa shape index (κ3) is 6.07. The van der Waals surface area contributed by atoms with Gasteiger partial charge in [-0.25, -0.2) is 0 Å². The Kier molecular flexibility index (Phi) is 7.54. The van der Waals surface area contributed by atoms with Crippen LogP contribution in [0.2, 0.25) is 0 Å². The highest BCUT2D eigenvalue weighted by atomic mass is 32.2. The van der Waals surface area contributed by atoms with E-state index in [0.717, 1.165) is 11.4 Å². The van der Waals surface area contributed by atoms with Crippen molar-refractivity contribution in [2.75, 3.05) is 22.9 Å². The second-order valence-electron chi connectivity index (χ2n) is 8.51. The second-order valence-corrected chi connectivity index (χ2v) is 9.52. The van der Waals surface area contributed by atoms with Crippen molar-refractivity contribution >= 4 is 40.9 Å². The predicted octanol–water partition coefficient (Wildman–Crippen LogP) is 4.45. The molecule has 3 amide bonds. The molecule has 1 unspecified atom stereocenters. The lowest BCUT2D eigenvalue weighted by molar-refractivity contribution is -0.122. The summed E-state index contributed by atoms with van der Waals surface area (Å²) in [7, 11) is 0. The SMILES string of the molecule is CC1Oc2ccc(NC(=O)c3ccccc3SCC(=O)NCC3CCCCC3)cc2NC1=O. The monoisotopic (exact) mass is 467 g/mol. The molecular weight excluding hydrogens is 438 g/mol. The number of anilines is 2. The van der Waals surface area contributed by atoms with Crippen LogP contribution >= 0.6 is 11.8 Å². The Hall–Kier alpha value is -3.00. The number of thioether (sulfide) groups is 1. The summed E-state index contributed by atoms with van der Waals surface area (Å²) in [6.07, 6.45) is 5.62. The van der Waals surface area contributed by atoms with E-state index in [4.69, 9.17) is 4.74 Å². The van der Waals surface area contributed by atoms with E-state index in [2.05, 4.69) is 16.0 Å². The standard InChI is InChI=1S/C25H29N3O4S/c1-16-24(30)28-20-13-18(11-12-21(20)32-16)27-25(31)19-9-5-6-10-22(19)33-15-23(29)26-14-17-7-3-2-4-8-17/h5-6,9-13,16-17H,2-4,7-8,14-15H2,1H3,(H,26,29)(H,27,31)(H,28,30). The molecule has 2 aromatic rings. The van der Waals surface area contributed by atoms with Crippen LogP contribution in [0, 0.1) is 5.92 Å². The Morgan fingerprint density at radius 2 is 1.91 bits per heavy atom. The van der Waals surface area contributed by atoms with Crippen molar-refractivity contribution in [3.63, 3.8) is 0 Å². The first-order valence-electron chi connectivity index (χ1n) is 11.4. The molecule has 7 nitrogen and oxygen atoms in total. The van der Waals surface area contributed by atoms with Crippen molar-refractivity contribution in [2.45, 2.75) is 50.0 Å². The van der Waals surface area contributed by atoms with Gasteiger partial charge in [-0.1, -0.05) is 31.4 Å². The van der Waals surface area contributed by atoms with Crippen LogP contribution in [0.5, 0.6) is 5.75 Å². The molecule has 4 rings (SSSR count). The normalized spacial score (nSPS) is 18.0. The summed E-state index contributed by atoms with van der Waals surface area (Å²) in [5.74, 6) is 0.889. The minimum absolute atomic E-state index is 0.0135. The van der Waals surface area contributed by atoms with Gasteiger partial charge in [-0.15, -0.1) is 11.8 Å². The number of ether oxygens (including phenoxy) is 1. The molecule has 1 saturated carbocycles. The fraction of sp³-hybridized carbons (Fsp3) is 0.400. The Bertz CT molecular complexity index is 1040. The Morgan fingerprint density at radius 3 is 2.73 bits per heavy atom. The largest absolute Gasteiger partial charge is 0.479 e. The van der Waals surface area contributed by atoms with Crippen molar-refractivity contribution in [2.24, 2.45) is 5.92 Å². The molecule has 0 spiro atoms. The Labute approximate surface area is 198 Å². The molecule has 1 atom stereocenters. The number of benzene rings is 2. The van der Waals surface area contributed by atoms with Crippen LogP contribution in [0.15, 0.2) is 47.4 Å². The number of carbonyl (C=O) groups excluding carboxylic acids is 3. The van der Waals surface area contributed by atoms with E-state index in [9.17, 15) is 14.4 Å². The lowest BCUT2D eigenvalue weighted by atomic mass is 9.89. The van der Waals surface area contributed by atoms with Gasteiger partial charge in [0, 0.05) is 17.1 Å². The van der Waals surface area contributed by atoms with Gasteiger partial charge in [0.05, 0.1) is 17.0 Å². The van der Waals surface area contributed by atoms with Crippen molar-refractivity contribution < 1.29 is 19.1 Å². The number of fused-ring (bicyclic) bond motifs is 1. The van der Waals surface area contributed by atoms with Crippen LogP contribution in [-0.2, 0) is 9.59 Å². The van der Waals surface area contributed by atoms with Gasteiger partial charge in [-0.05, 0) is 56.0 Å². The smallest absolute Gasteiger partial charge is 0.265 e. The van der Waals surface area contributed by atoms with Crippen molar-refractivity contribution in [1.29, 1.82) is 0 Å². The minimum Gasteiger partial charge on any atom is -0.479 e. The van der Waals surface area contributed by atoms with Crippen LogP contribution in [0.4, 0.5) is 11.4 Å². The van der Waals surface area contributed by atoms with Crippen LogP contribution in [0.25, 0.3) is 0 Å². The number of carbonyl (C=O) groups is 3. The quantitative estimate of drug-likeness (QED) is 0.523. The van der Waals surface area contributed by atoms with Crippen molar-refractivity contribution in [3.05, 3.63) is 48.0 Å². The number of hydrogen-bond acceptors (Lipinski definition) is 5. The van der Waals surface area contributed by atoms with Gasteiger partial charge in [0.25, 0.3) is 11.8 Å². The van der Waals surface area contributed by atoms with Crippen LogP contribution in [0.3, 0.4) is 0 Å². The zero-order valence-electron chi connectivity index (χ0n) is 18.7. The summed E-state index contributed by atoms with van der Waals surface area (Å²) < 4.78 is 5.55. The summed E-state index contributed by atoms with van der Waals surface area (Å²) in [5, 5.41) is 8.69. The summed E-state index contributed by atoms with van der Waals surface area (Å²) in [6, 6.07) is 12.4. The van der Waals surface area contributed by atoms with Gasteiger partial charge in [0.15, 0.2) is 6.10 Å². The summed E-state index contributed by atoms with van der Waals surface area (Å²) in [6.45, 7) is 2.41. The molecule has 1 aliphatic heterocycles. The molecule has 1 aliphatic carbocycles. The van der Waals surface area contributed by atoms with Gasteiger partial charge in [-0.2, -0.15) is 0 Å². The molecule has 33 heavy (non-hydrogen) atoms. The zero-order chi connectivity index (χ0) is 23.2. The van der Waals surface area contributed by atoms with E-state index in [1.54, 1.807) is 37.3 Å². The molecule has 8 heteroatoms. The summed E-state index contributed by atoms with van der Waals surface area (Å²) in [5.41, 5.74) is 1.56. The van der Waals surface area contributed by atoms with Gasteiger partial charge in [-0.3, -0.25) is 14.4 Å². The molecule has 0 aromatic heterocycles. The first-order chi connectivity index (χ1) is 16.0. The van der Waals surface area contributed by atoms with Gasteiger partial charge in [0.2, 0.25) is 5.91 Å². The third-order valence-electron chi connectivity index (χ3n) is 5.97. The second kappa shape index (κ2) is 10.7. The van der Waals surface area contributed by atoms with Crippen LogP contribution in [-0.4, -0.2) is 36.1 Å². The maximum absolute atomic E-state index is 13.0. The Balaban J connectivity index is 1.35. The lowest BCUT2D eigenvalue weighted by Gasteiger charge is -2.23. The first-order valence-corrected chi connectivity index (χ1v) is 12.4. The van der Waals surface area contributed by atoms with E-state index in [1.807, 2.05) is 12.1 Å². The van der Waals surface area contributed by atoms with Crippen molar-refractivity contribution in [1.82, 2.24) is 5.32 Å². The molecule has 0 saturated heterocycles. The third-order valence-corrected chi connectivity index (χ3v) is 7.04. The van der Waals surface area contributed by atoms with Gasteiger partial charge >= 0.3 is 0 Å². The van der Waals surface area contributed by atoms with E-state index < -0.39 is 6.10 Å². The summed E-state index contributed by atoms with van der Waals surface area (Å²) >= 11 is 1.35. The predicted molar refractivity (Wildman–Crippen MR) is 130 cm³/mol. The van der Waals surface area contributed by atoms with E-state index in [-0.39, 0.29) is 23.5 Å². The van der Waals surface area contributed by atoms with Crippen LogP contribution in [0.1, 0.15) is 49.4 Å². The van der Waals surface area contributed by atoms with E-state index in [0.29, 0.717) is 28.6 Å². The maximum Gasteiger partial charge on any atom is 0.265 e. The van der Waals surface area contributed by atoms with E-state index >= 15 is 0 Å². The molecule has 2 aliphatic rings. The highest BCUT2D eigenvalue weighted by Crippen LogP contribution is 2.32. The average Bonchev–Trinajstić information content (AvgIpc) is 2.83. The average molecular weight is 468 g/mol. The van der Waals surface area contributed by atoms with Gasteiger partial charge < -0.3 is 20.7 Å². The molecular formula is C25H29N3O4S. The van der Waals surface area contributed by atoms with E-state index in [1.165, 1.54) is 43.9 Å². The number of rotatable bonds is 7. The number of nitrogens with one attached hydrogen (secondary N) is 3. The highest BCUT2D eigenvalue weighted by Gasteiger charge is 2.24. The number of hydrogen-bond donors (Lipinski definition) is 3. The molecule has 3 N–H and O–H groups in total. The fourth-order valence-corrected chi connectivity index (χ4v) is 4.99. The zero-order valence-corrected chi connectivity index (χ0v) is 19.5. The van der Waals surface area contributed by atoms with Crippen molar-refractivity contribution in [3.8, 4) is 5.75 Å². The van der Waals surface area contributed by atoms with Gasteiger partial charge in [0.1, 0.15) is 5.75 Å². The molecule has 1 fully saturated rings. The van der Waals surface area contributed by atoms with Crippen LogP contribution < -0.4 is 20.7 Å². The lowest BCUT2D eigenvalue weighted by Crippen LogP contribution is -2.34. The minimum atomic E-state index is -0.554. The topological polar surface area (TPSA) is 96.5 Å². The summed E-state index contributed by atoms with van der Waals surface area (Å²) in [4.78, 5) is 37.9. The number of amides is 3. The molecule has 174 valence electrons. The Morgan fingerprint density at radius 1 is 1.12 bits per heavy atom. The molecule has 1 heterocycles. The molecule has 0 bridgehead atoms. The fourth-order valence-electron chi connectivity index (χ4n) is 4.11. The highest BCUT2D eigenvalue weighted by molar-refractivity contribution is 8.00.